The number of hydrogen-bond acceptors (Lipinski definition) is 1. The summed E-state index contributed by atoms with van der Waals surface area (Å²) >= 11 is 0. The third-order valence-electron chi connectivity index (χ3n) is 2.14. The molecule has 0 saturated carbocycles. The van der Waals surface area contributed by atoms with Gasteiger partial charge in [-0.15, -0.1) is 0 Å². The first kappa shape index (κ1) is 8.40. The molecule has 1 aromatic carbocycles. The summed E-state index contributed by atoms with van der Waals surface area (Å²) in [5.41, 5.74) is 1.13. The normalized spacial score (nSPS) is 15.7. The van der Waals surface area contributed by atoms with Crippen molar-refractivity contribution in [3.8, 4) is 0 Å². The van der Waals surface area contributed by atoms with Crippen LogP contribution >= 0.6 is 8.46 Å². The second kappa shape index (κ2) is 3.68. The summed E-state index contributed by atoms with van der Waals surface area (Å²) in [4.78, 5) is 0. The summed E-state index contributed by atoms with van der Waals surface area (Å²) in [5.74, 6) is 0.303. The van der Waals surface area contributed by atoms with Crippen LogP contribution < -0.4 is 5.30 Å². The molecule has 1 nitrogen and oxygen atoms in total. The van der Waals surface area contributed by atoms with Crippen LogP contribution in [0.2, 0.25) is 0 Å². The molecule has 0 aliphatic heterocycles. The van der Waals surface area contributed by atoms with Crippen molar-refractivity contribution >= 4 is 13.8 Å². The largest absolute Gasteiger partial charge is 0.269 e. The topological polar surface area (TPSA) is 17.1 Å². The molecule has 0 N–H and O–H groups in total. The standard InChI is InChI=1S/C11H9OP/c12-13-11-8-4-3-7-10(11)9-5-1-2-6-9/h1-9H. The number of rotatable bonds is 2. The van der Waals surface area contributed by atoms with Gasteiger partial charge in [0.1, 0.15) is 0 Å². The maximum Gasteiger partial charge on any atom is 0.192 e. The average Bonchev–Trinajstić information content (AvgIpc) is 2.70. The predicted molar refractivity (Wildman–Crippen MR) is 54.7 cm³/mol. The SMILES string of the molecule is O=Pc1ccccc1C1C=CC=C1. The van der Waals surface area contributed by atoms with E-state index in [1.165, 1.54) is 0 Å². The molecule has 1 aliphatic carbocycles. The highest BCUT2D eigenvalue weighted by atomic mass is 31.1. The van der Waals surface area contributed by atoms with Crippen LogP contribution in [0.25, 0.3) is 0 Å². The van der Waals surface area contributed by atoms with Crippen molar-refractivity contribution in [3.05, 3.63) is 54.1 Å². The number of benzene rings is 1. The van der Waals surface area contributed by atoms with Crippen molar-refractivity contribution in [2.24, 2.45) is 0 Å². The highest BCUT2D eigenvalue weighted by Crippen LogP contribution is 2.22. The van der Waals surface area contributed by atoms with E-state index in [2.05, 4.69) is 12.2 Å². The summed E-state index contributed by atoms with van der Waals surface area (Å²) in [6, 6.07) is 7.80. The smallest absolute Gasteiger partial charge is 0.192 e. The molecule has 13 heavy (non-hydrogen) atoms. The molecule has 0 radical (unpaired) electrons. The molecule has 0 atom stereocenters. The lowest BCUT2D eigenvalue weighted by atomic mass is 10.0. The first-order valence-electron chi connectivity index (χ1n) is 4.19. The fourth-order valence-electron chi connectivity index (χ4n) is 1.49. The summed E-state index contributed by atoms with van der Waals surface area (Å²) in [5, 5.41) is 0.878. The molecule has 0 unspecified atom stereocenters. The lowest BCUT2D eigenvalue weighted by molar-refractivity contribution is 0.603. The van der Waals surface area contributed by atoms with Gasteiger partial charge in [-0.3, -0.25) is 4.57 Å². The maximum absolute atomic E-state index is 10.8. The van der Waals surface area contributed by atoms with E-state index >= 15 is 0 Å². The van der Waals surface area contributed by atoms with E-state index in [0.717, 1.165) is 10.9 Å². The first-order chi connectivity index (χ1) is 6.42. The van der Waals surface area contributed by atoms with Gasteiger partial charge in [0.05, 0.1) is 0 Å². The second-order valence-corrected chi connectivity index (χ2v) is 3.61. The summed E-state index contributed by atoms with van der Waals surface area (Å²) in [6.45, 7) is 0. The Balaban J connectivity index is 2.43. The lowest BCUT2D eigenvalue weighted by Crippen LogP contribution is -2.03. The van der Waals surface area contributed by atoms with Crippen LogP contribution in [0.5, 0.6) is 0 Å². The molecule has 0 spiro atoms. The van der Waals surface area contributed by atoms with Crippen molar-refractivity contribution in [3.63, 3.8) is 0 Å². The maximum atomic E-state index is 10.8. The minimum atomic E-state index is 0.101. The van der Waals surface area contributed by atoms with Gasteiger partial charge >= 0.3 is 0 Å². The Bertz CT molecular complexity index is 367. The molecule has 1 aromatic rings. The van der Waals surface area contributed by atoms with Gasteiger partial charge in [0.15, 0.2) is 8.46 Å². The lowest BCUT2D eigenvalue weighted by Gasteiger charge is -2.06. The molecular formula is C11H9OP. The fraction of sp³-hybridized carbons (Fsp3) is 0.0909. The quantitative estimate of drug-likeness (QED) is 0.652. The van der Waals surface area contributed by atoms with Crippen molar-refractivity contribution in [1.29, 1.82) is 0 Å². The summed E-state index contributed by atoms with van der Waals surface area (Å²) in [7, 11) is 0.101. The van der Waals surface area contributed by atoms with Crippen LogP contribution in [0, 0.1) is 0 Å². The molecule has 0 heterocycles. The van der Waals surface area contributed by atoms with Crippen molar-refractivity contribution in [1.82, 2.24) is 0 Å². The van der Waals surface area contributed by atoms with E-state index < -0.39 is 0 Å². The van der Waals surface area contributed by atoms with Crippen LogP contribution in [0.1, 0.15) is 11.5 Å². The van der Waals surface area contributed by atoms with Gasteiger partial charge in [-0.25, -0.2) is 0 Å². The average molecular weight is 188 g/mol. The zero-order valence-corrected chi connectivity index (χ0v) is 7.95. The minimum Gasteiger partial charge on any atom is -0.269 e. The van der Waals surface area contributed by atoms with Crippen molar-refractivity contribution in [2.75, 3.05) is 0 Å². The number of hydrogen-bond donors (Lipinski definition) is 0. The molecule has 0 fully saturated rings. The third-order valence-corrected chi connectivity index (χ3v) is 2.75. The Morgan fingerprint density at radius 1 is 1.08 bits per heavy atom. The Hall–Kier alpha value is -1.20. The highest BCUT2D eigenvalue weighted by Gasteiger charge is 2.10. The highest BCUT2D eigenvalue weighted by molar-refractivity contribution is 7.34. The predicted octanol–water partition coefficient (Wildman–Crippen LogP) is 2.81. The third kappa shape index (κ3) is 1.61. The monoisotopic (exact) mass is 188 g/mol. The van der Waals surface area contributed by atoms with Gasteiger partial charge in [-0.2, -0.15) is 0 Å². The van der Waals surface area contributed by atoms with Crippen LogP contribution in [-0.2, 0) is 4.57 Å². The molecule has 0 saturated heterocycles. The molecule has 1 aliphatic rings. The van der Waals surface area contributed by atoms with E-state index in [4.69, 9.17) is 0 Å². The Labute approximate surface area is 79.0 Å². The van der Waals surface area contributed by atoms with Crippen molar-refractivity contribution in [2.45, 2.75) is 5.92 Å². The van der Waals surface area contributed by atoms with E-state index in [9.17, 15) is 4.57 Å². The first-order valence-corrected chi connectivity index (χ1v) is 5.00. The van der Waals surface area contributed by atoms with Crippen molar-refractivity contribution < 1.29 is 4.57 Å². The van der Waals surface area contributed by atoms with Crippen LogP contribution in [-0.4, -0.2) is 0 Å². The van der Waals surface area contributed by atoms with Gasteiger partial charge in [-0.05, 0) is 11.6 Å². The Kier molecular flexibility index (Phi) is 2.37. The van der Waals surface area contributed by atoms with Gasteiger partial charge < -0.3 is 0 Å². The van der Waals surface area contributed by atoms with E-state index in [1.54, 1.807) is 0 Å². The van der Waals surface area contributed by atoms with Gasteiger partial charge in [0, 0.05) is 11.2 Å². The Morgan fingerprint density at radius 2 is 1.77 bits per heavy atom. The molecule has 2 heteroatoms. The molecule has 0 bridgehead atoms. The molecule has 0 amide bonds. The second-order valence-electron chi connectivity index (χ2n) is 2.95. The van der Waals surface area contributed by atoms with Crippen LogP contribution in [0.3, 0.4) is 0 Å². The van der Waals surface area contributed by atoms with E-state index in [1.807, 2.05) is 36.4 Å². The summed E-state index contributed by atoms with van der Waals surface area (Å²) in [6.07, 6.45) is 8.24. The zero-order valence-electron chi connectivity index (χ0n) is 7.05. The van der Waals surface area contributed by atoms with Gasteiger partial charge in [0.2, 0.25) is 0 Å². The Morgan fingerprint density at radius 3 is 2.46 bits per heavy atom. The molecule has 64 valence electrons. The van der Waals surface area contributed by atoms with Crippen LogP contribution in [0.15, 0.2) is 48.6 Å². The summed E-state index contributed by atoms with van der Waals surface area (Å²) < 4.78 is 10.8. The zero-order chi connectivity index (χ0) is 9.10. The van der Waals surface area contributed by atoms with E-state index in [0.29, 0.717) is 5.92 Å². The van der Waals surface area contributed by atoms with Crippen LogP contribution in [0.4, 0.5) is 0 Å². The van der Waals surface area contributed by atoms with E-state index in [-0.39, 0.29) is 8.46 Å². The minimum absolute atomic E-state index is 0.101. The van der Waals surface area contributed by atoms with Gasteiger partial charge in [-0.1, -0.05) is 42.5 Å². The number of allylic oxidation sites excluding steroid dienone is 4. The molecule has 2 rings (SSSR count). The molecule has 0 aromatic heterocycles. The molecular weight excluding hydrogens is 179 g/mol. The van der Waals surface area contributed by atoms with Gasteiger partial charge in [0.25, 0.3) is 0 Å². The fourth-order valence-corrected chi connectivity index (χ4v) is 1.97.